The standard InChI is InChI=1S/C14H18O3/c1-10-5-7-11(8-6-10)14(9-16-14)12(15)17-13(2,3)4/h5-8H,9H2,1-4H3. The van der Waals surface area contributed by atoms with Crippen molar-refractivity contribution < 1.29 is 14.3 Å². The fraction of sp³-hybridized carbons (Fsp3) is 0.500. The van der Waals surface area contributed by atoms with E-state index in [2.05, 4.69) is 0 Å². The molecule has 17 heavy (non-hydrogen) atoms. The van der Waals surface area contributed by atoms with E-state index in [9.17, 15) is 4.79 Å². The van der Waals surface area contributed by atoms with Crippen molar-refractivity contribution in [3.63, 3.8) is 0 Å². The summed E-state index contributed by atoms with van der Waals surface area (Å²) in [5.41, 5.74) is 0.688. The Morgan fingerprint density at radius 3 is 2.24 bits per heavy atom. The molecule has 0 aliphatic carbocycles. The highest BCUT2D eigenvalue weighted by atomic mass is 16.6. The Balaban J connectivity index is 2.20. The first-order chi connectivity index (χ1) is 7.83. The number of hydrogen-bond donors (Lipinski definition) is 0. The van der Waals surface area contributed by atoms with Gasteiger partial charge in [0, 0.05) is 0 Å². The van der Waals surface area contributed by atoms with Crippen LogP contribution in [0.3, 0.4) is 0 Å². The molecule has 0 amide bonds. The van der Waals surface area contributed by atoms with Crippen LogP contribution in [0.4, 0.5) is 0 Å². The summed E-state index contributed by atoms with van der Waals surface area (Å²) < 4.78 is 10.7. The van der Waals surface area contributed by atoms with Crippen molar-refractivity contribution >= 4 is 5.97 Å². The van der Waals surface area contributed by atoms with Crippen LogP contribution in [0.2, 0.25) is 0 Å². The van der Waals surface area contributed by atoms with E-state index < -0.39 is 11.2 Å². The van der Waals surface area contributed by atoms with Crippen LogP contribution in [0.5, 0.6) is 0 Å². The van der Waals surface area contributed by atoms with E-state index in [0.717, 1.165) is 11.1 Å². The van der Waals surface area contributed by atoms with Gasteiger partial charge in [0.05, 0.1) is 6.61 Å². The van der Waals surface area contributed by atoms with Gasteiger partial charge in [0.1, 0.15) is 5.60 Å². The van der Waals surface area contributed by atoms with E-state index in [1.54, 1.807) is 0 Å². The van der Waals surface area contributed by atoms with Gasteiger partial charge in [-0.15, -0.1) is 0 Å². The van der Waals surface area contributed by atoms with Crippen LogP contribution in [0.1, 0.15) is 31.9 Å². The fourth-order valence-corrected chi connectivity index (χ4v) is 1.66. The topological polar surface area (TPSA) is 38.8 Å². The maximum atomic E-state index is 12.1. The minimum atomic E-state index is -0.860. The Hall–Kier alpha value is -1.35. The highest BCUT2D eigenvalue weighted by Gasteiger charge is 2.56. The molecule has 1 aromatic rings. The molecule has 1 heterocycles. The Labute approximate surface area is 102 Å². The summed E-state index contributed by atoms with van der Waals surface area (Å²) in [5, 5.41) is 0. The SMILES string of the molecule is Cc1ccc(C2(C(=O)OC(C)(C)C)CO2)cc1. The van der Waals surface area contributed by atoms with Gasteiger partial charge in [-0.3, -0.25) is 0 Å². The van der Waals surface area contributed by atoms with Crippen LogP contribution < -0.4 is 0 Å². The smallest absolute Gasteiger partial charge is 0.346 e. The molecule has 1 aliphatic rings. The summed E-state index contributed by atoms with van der Waals surface area (Å²) in [6, 6.07) is 7.80. The highest BCUT2D eigenvalue weighted by Crippen LogP contribution is 2.40. The quantitative estimate of drug-likeness (QED) is 0.583. The van der Waals surface area contributed by atoms with E-state index in [0.29, 0.717) is 6.61 Å². The van der Waals surface area contributed by atoms with Crippen molar-refractivity contribution in [3.8, 4) is 0 Å². The Morgan fingerprint density at radius 1 is 1.29 bits per heavy atom. The lowest BCUT2D eigenvalue weighted by Crippen LogP contribution is -2.32. The van der Waals surface area contributed by atoms with Crippen molar-refractivity contribution in [1.29, 1.82) is 0 Å². The Kier molecular flexibility index (Phi) is 2.74. The van der Waals surface area contributed by atoms with Crippen molar-refractivity contribution in [3.05, 3.63) is 35.4 Å². The van der Waals surface area contributed by atoms with Crippen LogP contribution in [0.15, 0.2) is 24.3 Å². The molecule has 0 bridgehead atoms. The second-order valence-electron chi connectivity index (χ2n) is 5.48. The Morgan fingerprint density at radius 2 is 1.82 bits per heavy atom. The van der Waals surface area contributed by atoms with Gasteiger partial charge in [-0.2, -0.15) is 0 Å². The largest absolute Gasteiger partial charge is 0.457 e. The summed E-state index contributed by atoms with van der Waals surface area (Å²) in [4.78, 5) is 12.1. The van der Waals surface area contributed by atoms with Gasteiger partial charge in [-0.1, -0.05) is 29.8 Å². The molecule has 1 saturated heterocycles. The van der Waals surface area contributed by atoms with Gasteiger partial charge < -0.3 is 9.47 Å². The normalized spacial score (nSPS) is 23.3. The van der Waals surface area contributed by atoms with E-state index >= 15 is 0 Å². The van der Waals surface area contributed by atoms with E-state index in [1.165, 1.54) is 0 Å². The first-order valence-electron chi connectivity index (χ1n) is 5.78. The minimum Gasteiger partial charge on any atom is -0.457 e. The summed E-state index contributed by atoms with van der Waals surface area (Å²) in [6.07, 6.45) is 0. The molecule has 0 radical (unpaired) electrons. The van der Waals surface area contributed by atoms with Crippen molar-refractivity contribution in [2.24, 2.45) is 0 Å². The molecule has 1 aromatic carbocycles. The number of ether oxygens (including phenoxy) is 2. The molecule has 1 unspecified atom stereocenters. The van der Waals surface area contributed by atoms with Crippen LogP contribution >= 0.6 is 0 Å². The number of benzene rings is 1. The average molecular weight is 234 g/mol. The molecule has 1 fully saturated rings. The molecule has 0 N–H and O–H groups in total. The zero-order valence-corrected chi connectivity index (χ0v) is 10.7. The molecule has 1 aliphatic heterocycles. The lowest BCUT2D eigenvalue weighted by Gasteiger charge is -2.22. The van der Waals surface area contributed by atoms with Crippen molar-refractivity contribution in [2.45, 2.75) is 38.9 Å². The van der Waals surface area contributed by atoms with Crippen LogP contribution in [0.25, 0.3) is 0 Å². The zero-order valence-electron chi connectivity index (χ0n) is 10.7. The van der Waals surface area contributed by atoms with Gasteiger partial charge in [-0.05, 0) is 33.3 Å². The number of hydrogen-bond acceptors (Lipinski definition) is 3. The van der Waals surface area contributed by atoms with Crippen LogP contribution in [-0.2, 0) is 19.9 Å². The van der Waals surface area contributed by atoms with Crippen LogP contribution in [0, 0.1) is 6.92 Å². The van der Waals surface area contributed by atoms with E-state index in [4.69, 9.17) is 9.47 Å². The van der Waals surface area contributed by atoms with Crippen molar-refractivity contribution in [2.75, 3.05) is 6.61 Å². The Bertz CT molecular complexity index is 422. The highest BCUT2D eigenvalue weighted by molar-refractivity contribution is 5.84. The summed E-state index contributed by atoms with van der Waals surface area (Å²) in [5.74, 6) is -0.297. The van der Waals surface area contributed by atoms with E-state index in [1.807, 2.05) is 52.0 Å². The minimum absolute atomic E-state index is 0.297. The molecule has 2 rings (SSSR count). The predicted molar refractivity (Wildman–Crippen MR) is 64.7 cm³/mol. The molecule has 3 heteroatoms. The molecule has 92 valence electrons. The fourth-order valence-electron chi connectivity index (χ4n) is 1.66. The van der Waals surface area contributed by atoms with Crippen molar-refractivity contribution in [1.82, 2.24) is 0 Å². The third-order valence-electron chi connectivity index (χ3n) is 2.68. The number of esters is 1. The third kappa shape index (κ3) is 2.50. The van der Waals surface area contributed by atoms with Gasteiger partial charge >= 0.3 is 5.97 Å². The van der Waals surface area contributed by atoms with Crippen LogP contribution in [-0.4, -0.2) is 18.2 Å². The average Bonchev–Trinajstić information content (AvgIpc) is 2.97. The molecular weight excluding hydrogens is 216 g/mol. The van der Waals surface area contributed by atoms with Gasteiger partial charge in [0.25, 0.3) is 0 Å². The van der Waals surface area contributed by atoms with Gasteiger partial charge in [0.2, 0.25) is 5.60 Å². The monoisotopic (exact) mass is 234 g/mol. The number of carbonyl (C=O) groups excluding carboxylic acids is 1. The number of carbonyl (C=O) groups is 1. The third-order valence-corrected chi connectivity index (χ3v) is 2.68. The van der Waals surface area contributed by atoms with E-state index in [-0.39, 0.29) is 5.97 Å². The zero-order chi connectivity index (χ0) is 12.7. The number of epoxide rings is 1. The maximum absolute atomic E-state index is 12.1. The molecule has 0 spiro atoms. The summed E-state index contributed by atoms with van der Waals surface area (Å²) >= 11 is 0. The van der Waals surface area contributed by atoms with Gasteiger partial charge in [-0.25, -0.2) is 4.79 Å². The molecule has 1 atom stereocenters. The second kappa shape index (κ2) is 3.84. The summed E-state index contributed by atoms with van der Waals surface area (Å²) in [7, 11) is 0. The second-order valence-corrected chi connectivity index (χ2v) is 5.48. The maximum Gasteiger partial charge on any atom is 0.346 e. The lowest BCUT2D eigenvalue weighted by atomic mass is 9.98. The summed E-state index contributed by atoms with van der Waals surface area (Å²) in [6.45, 7) is 7.99. The molecule has 0 aromatic heterocycles. The first kappa shape index (κ1) is 12.1. The molecule has 0 saturated carbocycles. The first-order valence-corrected chi connectivity index (χ1v) is 5.78. The predicted octanol–water partition coefficient (Wildman–Crippen LogP) is 2.56. The number of rotatable bonds is 2. The number of aryl methyl sites for hydroxylation is 1. The van der Waals surface area contributed by atoms with Gasteiger partial charge in [0.15, 0.2) is 0 Å². The molecular formula is C14H18O3. The molecule has 3 nitrogen and oxygen atoms in total. The lowest BCUT2D eigenvalue weighted by molar-refractivity contribution is -0.161.